The van der Waals surface area contributed by atoms with Crippen LogP contribution in [-0.4, -0.2) is 42.5 Å². The van der Waals surface area contributed by atoms with Crippen molar-refractivity contribution in [1.29, 1.82) is 0 Å². The van der Waals surface area contributed by atoms with E-state index in [4.69, 9.17) is 9.84 Å². The van der Waals surface area contributed by atoms with E-state index in [9.17, 15) is 23.3 Å². The summed E-state index contributed by atoms with van der Waals surface area (Å²) in [7, 11) is -3.22. The van der Waals surface area contributed by atoms with Crippen LogP contribution in [0.2, 0.25) is 0 Å². The second-order valence-electron chi connectivity index (χ2n) is 3.83. The number of nitro benzene ring substituents is 1. The number of nitro groups is 1. The Morgan fingerprint density at radius 3 is 2.60 bits per heavy atom. The van der Waals surface area contributed by atoms with Gasteiger partial charge in [-0.25, -0.2) is 13.2 Å². The number of aromatic carboxylic acids is 1. The van der Waals surface area contributed by atoms with E-state index < -0.39 is 20.7 Å². The van der Waals surface area contributed by atoms with Gasteiger partial charge < -0.3 is 9.84 Å². The van der Waals surface area contributed by atoms with Crippen LogP contribution in [-0.2, 0) is 9.84 Å². The Kier molecular flexibility index (Phi) is 5.03. The van der Waals surface area contributed by atoms with Crippen molar-refractivity contribution >= 4 is 21.5 Å². The fourth-order valence-electron chi connectivity index (χ4n) is 1.35. The van der Waals surface area contributed by atoms with E-state index in [1.807, 2.05) is 0 Å². The molecule has 0 spiro atoms. The lowest BCUT2D eigenvalue weighted by atomic mass is 10.2. The van der Waals surface area contributed by atoms with Crippen LogP contribution < -0.4 is 4.74 Å². The number of sulfone groups is 1. The minimum absolute atomic E-state index is 0.0393. The summed E-state index contributed by atoms with van der Waals surface area (Å²) in [6, 6.07) is 3.10. The number of non-ortho nitro benzene ring substituents is 1. The summed E-state index contributed by atoms with van der Waals surface area (Å²) in [5.74, 6) is -1.78. The zero-order valence-electron chi connectivity index (χ0n) is 10.6. The van der Waals surface area contributed by atoms with Crippen LogP contribution in [0.5, 0.6) is 5.75 Å². The highest BCUT2D eigenvalue weighted by atomic mass is 32.2. The molecule has 0 amide bonds. The zero-order valence-corrected chi connectivity index (χ0v) is 11.4. The zero-order chi connectivity index (χ0) is 15.3. The van der Waals surface area contributed by atoms with Crippen molar-refractivity contribution in [3.63, 3.8) is 0 Å². The maximum atomic E-state index is 11.3. The SMILES string of the molecule is CCS(=O)(=O)CCOc1ccc([N+](=O)[O-])cc1C(=O)O. The number of hydrogen-bond donors (Lipinski definition) is 1. The number of rotatable bonds is 7. The Morgan fingerprint density at radius 1 is 1.45 bits per heavy atom. The van der Waals surface area contributed by atoms with E-state index in [-0.39, 0.29) is 35.1 Å². The Balaban J connectivity index is 2.90. The van der Waals surface area contributed by atoms with Crippen molar-refractivity contribution < 1.29 is 28.0 Å². The molecule has 1 aromatic carbocycles. The van der Waals surface area contributed by atoms with E-state index in [0.717, 1.165) is 18.2 Å². The van der Waals surface area contributed by atoms with Crippen LogP contribution in [0.4, 0.5) is 5.69 Å². The highest BCUT2D eigenvalue weighted by Gasteiger charge is 2.17. The molecule has 0 bridgehead atoms. The lowest BCUT2D eigenvalue weighted by Crippen LogP contribution is -2.16. The maximum Gasteiger partial charge on any atom is 0.339 e. The van der Waals surface area contributed by atoms with Gasteiger partial charge >= 0.3 is 5.97 Å². The molecule has 8 nitrogen and oxygen atoms in total. The topological polar surface area (TPSA) is 124 Å². The number of nitrogens with zero attached hydrogens (tertiary/aromatic N) is 1. The van der Waals surface area contributed by atoms with Crippen molar-refractivity contribution in [2.75, 3.05) is 18.1 Å². The van der Waals surface area contributed by atoms with Gasteiger partial charge in [0, 0.05) is 17.9 Å². The Morgan fingerprint density at radius 2 is 2.10 bits per heavy atom. The molecular weight excluding hydrogens is 290 g/mol. The second kappa shape index (κ2) is 6.33. The van der Waals surface area contributed by atoms with Gasteiger partial charge in [-0.3, -0.25) is 10.1 Å². The van der Waals surface area contributed by atoms with Gasteiger partial charge in [0.05, 0.1) is 10.7 Å². The molecule has 1 rings (SSSR count). The van der Waals surface area contributed by atoms with Gasteiger partial charge in [0.1, 0.15) is 17.9 Å². The lowest BCUT2D eigenvalue weighted by Gasteiger charge is -2.08. The van der Waals surface area contributed by atoms with Gasteiger partial charge in [-0.1, -0.05) is 6.92 Å². The molecule has 9 heteroatoms. The number of carboxylic acid groups (broad SMARTS) is 1. The third-order valence-electron chi connectivity index (χ3n) is 2.50. The quantitative estimate of drug-likeness (QED) is 0.590. The molecule has 0 aliphatic heterocycles. The minimum Gasteiger partial charge on any atom is -0.492 e. The van der Waals surface area contributed by atoms with Crippen molar-refractivity contribution in [3.8, 4) is 5.75 Å². The molecule has 0 saturated carbocycles. The minimum atomic E-state index is -3.22. The normalized spacial score (nSPS) is 11.1. The first-order chi connectivity index (χ1) is 9.26. The summed E-state index contributed by atoms with van der Waals surface area (Å²) in [5.41, 5.74) is -0.760. The summed E-state index contributed by atoms with van der Waals surface area (Å²) >= 11 is 0. The molecule has 0 radical (unpaired) electrons. The third-order valence-corrected chi connectivity index (χ3v) is 4.16. The molecular formula is C11H13NO7S. The monoisotopic (exact) mass is 303 g/mol. The number of ether oxygens (including phenoxy) is 1. The molecule has 0 unspecified atom stereocenters. The van der Waals surface area contributed by atoms with Crippen LogP contribution in [0.3, 0.4) is 0 Å². The number of carboxylic acids is 1. The van der Waals surface area contributed by atoms with Crippen LogP contribution in [0, 0.1) is 10.1 Å². The van der Waals surface area contributed by atoms with Crippen LogP contribution in [0.1, 0.15) is 17.3 Å². The molecule has 0 saturated heterocycles. The van der Waals surface area contributed by atoms with E-state index in [2.05, 4.69) is 0 Å². The summed E-state index contributed by atoms with van der Waals surface area (Å²) < 4.78 is 27.6. The smallest absolute Gasteiger partial charge is 0.339 e. The highest BCUT2D eigenvalue weighted by molar-refractivity contribution is 7.91. The fraction of sp³-hybridized carbons (Fsp3) is 0.364. The predicted molar refractivity (Wildman–Crippen MR) is 69.9 cm³/mol. The fourth-order valence-corrected chi connectivity index (χ4v) is 1.97. The van der Waals surface area contributed by atoms with Crippen LogP contribution >= 0.6 is 0 Å². The highest BCUT2D eigenvalue weighted by Crippen LogP contribution is 2.24. The van der Waals surface area contributed by atoms with E-state index in [0.29, 0.717) is 0 Å². The van der Waals surface area contributed by atoms with Gasteiger partial charge in [-0.2, -0.15) is 0 Å². The molecule has 0 fully saturated rings. The molecule has 0 heterocycles. The summed E-state index contributed by atoms with van der Waals surface area (Å²) in [5, 5.41) is 19.5. The lowest BCUT2D eigenvalue weighted by molar-refractivity contribution is -0.384. The van der Waals surface area contributed by atoms with Crippen LogP contribution in [0.25, 0.3) is 0 Å². The van der Waals surface area contributed by atoms with Gasteiger partial charge in [-0.15, -0.1) is 0 Å². The molecule has 0 aromatic heterocycles. The molecule has 110 valence electrons. The largest absolute Gasteiger partial charge is 0.492 e. The molecule has 0 aliphatic rings. The average molecular weight is 303 g/mol. The Hall–Kier alpha value is -2.16. The number of carbonyl (C=O) groups is 1. The van der Waals surface area contributed by atoms with Gasteiger partial charge in [0.15, 0.2) is 9.84 Å². The molecule has 1 aromatic rings. The van der Waals surface area contributed by atoms with Gasteiger partial charge in [0.25, 0.3) is 5.69 Å². The van der Waals surface area contributed by atoms with Crippen LogP contribution in [0.15, 0.2) is 18.2 Å². The van der Waals surface area contributed by atoms with Gasteiger partial charge in [0.2, 0.25) is 0 Å². The third kappa shape index (κ3) is 4.19. The van der Waals surface area contributed by atoms with Crippen molar-refractivity contribution in [2.45, 2.75) is 6.92 Å². The average Bonchev–Trinajstić information content (AvgIpc) is 2.38. The van der Waals surface area contributed by atoms with Crippen molar-refractivity contribution in [2.24, 2.45) is 0 Å². The van der Waals surface area contributed by atoms with Crippen molar-refractivity contribution in [1.82, 2.24) is 0 Å². The number of benzene rings is 1. The van der Waals surface area contributed by atoms with Crippen molar-refractivity contribution in [3.05, 3.63) is 33.9 Å². The first kappa shape index (κ1) is 15.9. The van der Waals surface area contributed by atoms with E-state index in [1.54, 1.807) is 0 Å². The standard InChI is InChI=1S/C11H13NO7S/c1-2-20(17,18)6-5-19-10-4-3-8(12(15)16)7-9(10)11(13)14/h3-4,7H,2,5-6H2,1H3,(H,13,14). The van der Waals surface area contributed by atoms with E-state index in [1.165, 1.54) is 6.92 Å². The maximum absolute atomic E-state index is 11.3. The first-order valence-corrected chi connectivity index (χ1v) is 7.44. The van der Waals surface area contributed by atoms with E-state index >= 15 is 0 Å². The Labute approximate surface area is 115 Å². The summed E-state index contributed by atoms with van der Waals surface area (Å²) in [6.45, 7) is 1.28. The second-order valence-corrected chi connectivity index (χ2v) is 6.30. The summed E-state index contributed by atoms with van der Waals surface area (Å²) in [6.07, 6.45) is 0. The first-order valence-electron chi connectivity index (χ1n) is 5.62. The molecule has 1 N–H and O–H groups in total. The summed E-state index contributed by atoms with van der Waals surface area (Å²) in [4.78, 5) is 20.8. The Bertz CT molecular complexity index is 624. The molecule has 0 aliphatic carbocycles. The number of hydrogen-bond acceptors (Lipinski definition) is 6. The molecule has 20 heavy (non-hydrogen) atoms. The molecule has 0 atom stereocenters. The predicted octanol–water partition coefficient (Wildman–Crippen LogP) is 1.11. The van der Waals surface area contributed by atoms with Gasteiger partial charge in [-0.05, 0) is 6.07 Å².